The van der Waals surface area contributed by atoms with Gasteiger partial charge < -0.3 is 5.32 Å². The van der Waals surface area contributed by atoms with Crippen molar-refractivity contribution in [2.75, 3.05) is 13.7 Å². The van der Waals surface area contributed by atoms with Crippen molar-refractivity contribution in [2.24, 2.45) is 0 Å². The first kappa shape index (κ1) is 4.39. The molecule has 1 rings (SSSR count). The van der Waals surface area contributed by atoms with Crippen molar-refractivity contribution >= 4 is 6.03 Å². The van der Waals surface area contributed by atoms with Crippen molar-refractivity contribution in [2.45, 2.75) is 0 Å². The number of nitrogens with one attached hydrogen (secondary N) is 2. The van der Waals surface area contributed by atoms with E-state index in [-0.39, 0.29) is 6.03 Å². The Kier molecular flexibility index (Phi) is 0.867. The number of rotatable bonds is 0. The molecule has 0 spiro atoms. The SMILES string of the molecule is CN1CNC(=O)N1. The van der Waals surface area contributed by atoms with E-state index in [0.717, 1.165) is 0 Å². The van der Waals surface area contributed by atoms with Gasteiger partial charge >= 0.3 is 6.03 Å². The number of carbonyl (C=O) groups excluding carboxylic acids is 1. The van der Waals surface area contributed by atoms with Crippen LogP contribution >= 0.6 is 0 Å². The number of hydrogen-bond donors (Lipinski definition) is 2. The second-order valence-corrected chi connectivity index (χ2v) is 1.47. The maximum absolute atomic E-state index is 10.2. The van der Waals surface area contributed by atoms with Gasteiger partial charge in [0.15, 0.2) is 0 Å². The largest absolute Gasteiger partial charge is 0.330 e. The quantitative estimate of drug-likeness (QED) is 0.415. The Morgan fingerprint density at radius 3 is 2.71 bits per heavy atom. The lowest BCUT2D eigenvalue weighted by Crippen LogP contribution is -2.28. The summed E-state index contributed by atoms with van der Waals surface area (Å²) in [5.74, 6) is 0. The Balaban J connectivity index is 2.40. The molecule has 2 N–H and O–H groups in total. The monoisotopic (exact) mass is 101 g/mol. The van der Waals surface area contributed by atoms with E-state index in [9.17, 15) is 4.79 Å². The minimum absolute atomic E-state index is 0.123. The highest BCUT2D eigenvalue weighted by atomic mass is 16.2. The summed E-state index contributed by atoms with van der Waals surface area (Å²) >= 11 is 0. The first-order chi connectivity index (χ1) is 3.29. The lowest BCUT2D eigenvalue weighted by atomic mass is 11.0. The highest BCUT2D eigenvalue weighted by Crippen LogP contribution is 1.78. The Morgan fingerprint density at radius 1 is 1.86 bits per heavy atom. The van der Waals surface area contributed by atoms with E-state index in [4.69, 9.17) is 0 Å². The molecule has 1 aliphatic heterocycles. The molecule has 0 radical (unpaired) electrons. The summed E-state index contributed by atoms with van der Waals surface area (Å²) in [6, 6.07) is -0.123. The predicted octanol–water partition coefficient (Wildman–Crippen LogP) is -0.897. The molecule has 1 fully saturated rings. The normalized spacial score (nSPS) is 21.6. The van der Waals surface area contributed by atoms with E-state index in [2.05, 4.69) is 10.7 Å². The molecule has 1 saturated heterocycles. The van der Waals surface area contributed by atoms with Gasteiger partial charge in [0.25, 0.3) is 0 Å². The molecule has 0 aromatic carbocycles. The van der Waals surface area contributed by atoms with E-state index in [0.29, 0.717) is 6.67 Å². The minimum atomic E-state index is -0.123. The third-order valence-corrected chi connectivity index (χ3v) is 0.769. The first-order valence-corrected chi connectivity index (χ1v) is 2.04. The molecule has 40 valence electrons. The van der Waals surface area contributed by atoms with E-state index in [1.165, 1.54) is 0 Å². The summed E-state index contributed by atoms with van der Waals surface area (Å²) in [6.45, 7) is 0.596. The van der Waals surface area contributed by atoms with Crippen LogP contribution in [0, 0.1) is 0 Å². The van der Waals surface area contributed by atoms with Crippen molar-refractivity contribution in [3.63, 3.8) is 0 Å². The zero-order valence-electron chi connectivity index (χ0n) is 4.06. The van der Waals surface area contributed by atoms with Crippen LogP contribution in [-0.2, 0) is 0 Å². The van der Waals surface area contributed by atoms with E-state index < -0.39 is 0 Å². The van der Waals surface area contributed by atoms with E-state index in [1.807, 2.05) is 0 Å². The van der Waals surface area contributed by atoms with Crippen LogP contribution in [0.2, 0.25) is 0 Å². The Labute approximate surface area is 41.5 Å². The fraction of sp³-hybridized carbons (Fsp3) is 0.667. The highest BCUT2D eigenvalue weighted by Gasteiger charge is 2.10. The van der Waals surface area contributed by atoms with Crippen molar-refractivity contribution in [1.29, 1.82) is 0 Å². The van der Waals surface area contributed by atoms with Gasteiger partial charge in [0.2, 0.25) is 0 Å². The topological polar surface area (TPSA) is 44.4 Å². The lowest BCUT2D eigenvalue weighted by Gasteiger charge is -2.00. The zero-order valence-corrected chi connectivity index (χ0v) is 4.06. The van der Waals surface area contributed by atoms with Gasteiger partial charge in [0, 0.05) is 7.05 Å². The zero-order chi connectivity index (χ0) is 5.28. The van der Waals surface area contributed by atoms with Crippen molar-refractivity contribution in [1.82, 2.24) is 15.8 Å². The molecule has 0 bridgehead atoms. The molecule has 1 aliphatic rings. The van der Waals surface area contributed by atoms with Gasteiger partial charge in [0.1, 0.15) is 0 Å². The molecular weight excluding hydrogens is 94.1 g/mol. The van der Waals surface area contributed by atoms with Crippen LogP contribution in [0.4, 0.5) is 4.79 Å². The Bertz CT molecular complexity index is 92.2. The molecule has 0 aromatic heterocycles. The fourth-order valence-electron chi connectivity index (χ4n) is 0.443. The average Bonchev–Trinajstić information content (AvgIpc) is 1.87. The number of nitrogens with zero attached hydrogens (tertiary/aromatic N) is 1. The van der Waals surface area contributed by atoms with Crippen LogP contribution in [0.1, 0.15) is 0 Å². The number of urea groups is 1. The first-order valence-electron chi connectivity index (χ1n) is 2.04. The van der Waals surface area contributed by atoms with Crippen LogP contribution in [-0.4, -0.2) is 24.8 Å². The molecule has 7 heavy (non-hydrogen) atoms. The molecule has 0 aromatic rings. The molecule has 2 amide bonds. The van der Waals surface area contributed by atoms with Gasteiger partial charge in [-0.3, -0.25) is 5.43 Å². The molecule has 1 heterocycles. The molecule has 0 unspecified atom stereocenters. The number of amides is 2. The summed E-state index contributed by atoms with van der Waals surface area (Å²) in [5, 5.41) is 4.21. The van der Waals surface area contributed by atoms with Gasteiger partial charge in [-0.15, -0.1) is 0 Å². The maximum Gasteiger partial charge on any atom is 0.330 e. The molecule has 0 aliphatic carbocycles. The average molecular weight is 101 g/mol. The smallest absolute Gasteiger partial charge is 0.323 e. The number of carbonyl (C=O) groups is 1. The third kappa shape index (κ3) is 0.806. The maximum atomic E-state index is 10.2. The van der Waals surface area contributed by atoms with Crippen LogP contribution < -0.4 is 10.7 Å². The molecule has 0 atom stereocenters. The summed E-state index contributed by atoms with van der Waals surface area (Å²) in [7, 11) is 1.79. The van der Waals surface area contributed by atoms with Gasteiger partial charge in [0.05, 0.1) is 6.67 Å². The lowest BCUT2D eigenvalue weighted by molar-refractivity contribution is 0.236. The van der Waals surface area contributed by atoms with Crippen molar-refractivity contribution in [3.05, 3.63) is 0 Å². The second-order valence-electron chi connectivity index (χ2n) is 1.47. The van der Waals surface area contributed by atoms with Gasteiger partial charge in [-0.2, -0.15) is 0 Å². The second kappa shape index (κ2) is 1.38. The Hall–Kier alpha value is -0.770. The van der Waals surface area contributed by atoms with Crippen LogP contribution in [0.15, 0.2) is 0 Å². The molecule has 0 saturated carbocycles. The van der Waals surface area contributed by atoms with Crippen LogP contribution in [0.25, 0.3) is 0 Å². The molecule has 4 heteroatoms. The van der Waals surface area contributed by atoms with Crippen molar-refractivity contribution in [3.8, 4) is 0 Å². The van der Waals surface area contributed by atoms with Crippen LogP contribution in [0.5, 0.6) is 0 Å². The minimum Gasteiger partial charge on any atom is -0.323 e. The van der Waals surface area contributed by atoms with Crippen LogP contribution in [0.3, 0.4) is 0 Å². The highest BCUT2D eigenvalue weighted by molar-refractivity contribution is 5.74. The third-order valence-electron chi connectivity index (χ3n) is 0.769. The standard InChI is InChI=1S/C3H7N3O/c1-6-2-4-3(7)5-6/h2H2,1H3,(H2,4,5,7). The molecule has 4 nitrogen and oxygen atoms in total. The van der Waals surface area contributed by atoms with Crippen molar-refractivity contribution < 1.29 is 4.79 Å². The summed E-state index contributed by atoms with van der Waals surface area (Å²) in [4.78, 5) is 10.2. The fourth-order valence-corrected chi connectivity index (χ4v) is 0.443. The van der Waals surface area contributed by atoms with E-state index in [1.54, 1.807) is 12.1 Å². The summed E-state index contributed by atoms with van der Waals surface area (Å²) < 4.78 is 0. The van der Waals surface area contributed by atoms with Gasteiger partial charge in [-0.05, 0) is 0 Å². The van der Waals surface area contributed by atoms with E-state index >= 15 is 0 Å². The summed E-state index contributed by atoms with van der Waals surface area (Å²) in [6.07, 6.45) is 0. The van der Waals surface area contributed by atoms with Gasteiger partial charge in [-0.25, -0.2) is 9.80 Å². The Morgan fingerprint density at radius 2 is 2.57 bits per heavy atom. The number of hydrogen-bond acceptors (Lipinski definition) is 2. The van der Waals surface area contributed by atoms with Gasteiger partial charge in [-0.1, -0.05) is 0 Å². The number of hydrazine groups is 1. The molecular formula is C3H7N3O. The predicted molar refractivity (Wildman–Crippen MR) is 24.3 cm³/mol. The summed E-state index contributed by atoms with van der Waals surface area (Å²) in [5.41, 5.74) is 2.50.